The number of fused-ring (bicyclic) bond motifs is 1. The minimum absolute atomic E-state index is 0.0138. The van der Waals surface area contributed by atoms with Crippen LogP contribution in [0, 0.1) is 6.92 Å². The Morgan fingerprint density at radius 3 is 2.89 bits per heavy atom. The number of hydrogen-bond donors (Lipinski definition) is 1. The molecule has 2 aromatic rings. The fraction of sp³-hybridized carbons (Fsp3) is 0.562. The molecule has 0 saturated heterocycles. The van der Waals surface area contributed by atoms with Crippen molar-refractivity contribution in [1.29, 1.82) is 0 Å². The molecule has 3 heteroatoms. The summed E-state index contributed by atoms with van der Waals surface area (Å²) in [6.07, 6.45) is 4.76. The molecule has 1 heterocycles. The molecule has 2 unspecified atom stereocenters. The fourth-order valence-corrected chi connectivity index (χ4v) is 3.46. The lowest BCUT2D eigenvalue weighted by Crippen LogP contribution is -2.47. The van der Waals surface area contributed by atoms with Crippen LogP contribution in [0.15, 0.2) is 18.2 Å². The van der Waals surface area contributed by atoms with E-state index in [0.29, 0.717) is 0 Å². The van der Waals surface area contributed by atoms with Gasteiger partial charge in [0.15, 0.2) is 0 Å². The van der Waals surface area contributed by atoms with Crippen LogP contribution in [-0.4, -0.2) is 15.6 Å². The van der Waals surface area contributed by atoms with Gasteiger partial charge in [-0.2, -0.15) is 0 Å². The third-order valence-electron chi connectivity index (χ3n) is 4.83. The van der Waals surface area contributed by atoms with Crippen molar-refractivity contribution in [3.63, 3.8) is 0 Å². The van der Waals surface area contributed by atoms with E-state index in [9.17, 15) is 0 Å². The van der Waals surface area contributed by atoms with Gasteiger partial charge in [-0.25, -0.2) is 4.98 Å². The van der Waals surface area contributed by atoms with E-state index in [-0.39, 0.29) is 11.5 Å². The van der Waals surface area contributed by atoms with Gasteiger partial charge in [-0.3, -0.25) is 0 Å². The molecule has 102 valence electrons. The molecule has 0 bridgehead atoms. The molecule has 1 aromatic heterocycles. The molecule has 0 amide bonds. The van der Waals surface area contributed by atoms with E-state index in [2.05, 4.69) is 43.7 Å². The van der Waals surface area contributed by atoms with Crippen molar-refractivity contribution in [1.82, 2.24) is 9.55 Å². The minimum Gasteiger partial charge on any atom is -0.331 e. The van der Waals surface area contributed by atoms with Gasteiger partial charge < -0.3 is 10.3 Å². The first kappa shape index (κ1) is 12.7. The zero-order valence-electron chi connectivity index (χ0n) is 12.1. The first-order chi connectivity index (χ1) is 9.02. The van der Waals surface area contributed by atoms with Crippen LogP contribution in [0.1, 0.15) is 44.0 Å². The molecule has 1 aromatic carbocycles. The third-order valence-corrected chi connectivity index (χ3v) is 4.83. The summed E-state index contributed by atoms with van der Waals surface area (Å²) in [7, 11) is 2.12. The van der Waals surface area contributed by atoms with Gasteiger partial charge in [-0.15, -0.1) is 0 Å². The quantitative estimate of drug-likeness (QED) is 0.853. The zero-order chi connectivity index (χ0) is 13.6. The van der Waals surface area contributed by atoms with Gasteiger partial charge in [0.25, 0.3) is 0 Å². The second kappa shape index (κ2) is 4.34. The number of aryl methyl sites for hydroxylation is 2. The molecular formula is C16H23N3. The third kappa shape index (κ3) is 1.88. The number of rotatable bonds is 1. The van der Waals surface area contributed by atoms with Crippen molar-refractivity contribution < 1.29 is 0 Å². The Balaban J connectivity index is 2.16. The Hall–Kier alpha value is -1.35. The molecule has 3 nitrogen and oxygen atoms in total. The lowest BCUT2D eigenvalue weighted by molar-refractivity contribution is 0.254. The molecule has 19 heavy (non-hydrogen) atoms. The van der Waals surface area contributed by atoms with Crippen LogP contribution in [0.2, 0.25) is 0 Å². The molecule has 1 aliphatic rings. The van der Waals surface area contributed by atoms with Gasteiger partial charge in [-0.05, 0) is 37.5 Å². The monoisotopic (exact) mass is 257 g/mol. The Kier molecular flexibility index (Phi) is 2.90. The number of hydrogen-bond acceptors (Lipinski definition) is 2. The standard InChI is InChI=1S/C16H23N3/c1-11-7-8-13-12(10-11)18-15(19(13)3)16(2)9-5-4-6-14(16)17/h7-8,10,14H,4-6,9,17H2,1-3H3. The molecule has 0 spiro atoms. The number of nitrogens with two attached hydrogens (primary N) is 1. The van der Waals surface area contributed by atoms with Gasteiger partial charge in [0.2, 0.25) is 0 Å². The van der Waals surface area contributed by atoms with E-state index in [1.54, 1.807) is 0 Å². The smallest absolute Gasteiger partial charge is 0.117 e. The van der Waals surface area contributed by atoms with Crippen molar-refractivity contribution in [2.75, 3.05) is 0 Å². The van der Waals surface area contributed by atoms with Crippen LogP contribution >= 0.6 is 0 Å². The average Bonchev–Trinajstić information content (AvgIpc) is 2.70. The summed E-state index contributed by atoms with van der Waals surface area (Å²) in [6.45, 7) is 4.40. The van der Waals surface area contributed by atoms with Crippen LogP contribution in [0.5, 0.6) is 0 Å². The number of nitrogens with zero attached hydrogens (tertiary/aromatic N) is 2. The van der Waals surface area contributed by atoms with Crippen molar-refractivity contribution in [3.05, 3.63) is 29.6 Å². The summed E-state index contributed by atoms with van der Waals surface area (Å²) in [4.78, 5) is 4.90. The molecule has 2 N–H and O–H groups in total. The zero-order valence-corrected chi connectivity index (χ0v) is 12.1. The molecule has 0 radical (unpaired) electrons. The second-order valence-corrected chi connectivity index (χ2v) is 6.26. The van der Waals surface area contributed by atoms with E-state index < -0.39 is 0 Å². The molecular weight excluding hydrogens is 234 g/mol. The highest BCUT2D eigenvalue weighted by Crippen LogP contribution is 2.38. The number of benzene rings is 1. The Morgan fingerprint density at radius 1 is 1.37 bits per heavy atom. The number of imidazole rings is 1. The first-order valence-corrected chi connectivity index (χ1v) is 7.21. The van der Waals surface area contributed by atoms with E-state index >= 15 is 0 Å². The second-order valence-electron chi connectivity index (χ2n) is 6.26. The van der Waals surface area contributed by atoms with E-state index in [1.807, 2.05) is 0 Å². The van der Waals surface area contributed by atoms with Crippen LogP contribution < -0.4 is 5.73 Å². The van der Waals surface area contributed by atoms with Crippen LogP contribution in [0.4, 0.5) is 0 Å². The topological polar surface area (TPSA) is 43.8 Å². The fourth-order valence-electron chi connectivity index (χ4n) is 3.46. The van der Waals surface area contributed by atoms with Crippen molar-refractivity contribution in [2.45, 2.75) is 51.0 Å². The van der Waals surface area contributed by atoms with Gasteiger partial charge >= 0.3 is 0 Å². The molecule has 1 aliphatic carbocycles. The van der Waals surface area contributed by atoms with Gasteiger partial charge in [-0.1, -0.05) is 25.8 Å². The van der Waals surface area contributed by atoms with Crippen LogP contribution in [0.3, 0.4) is 0 Å². The Labute approximate surface area is 114 Å². The molecule has 1 saturated carbocycles. The molecule has 3 rings (SSSR count). The predicted octanol–water partition coefficient (Wildman–Crippen LogP) is 3.04. The maximum Gasteiger partial charge on any atom is 0.117 e. The highest BCUT2D eigenvalue weighted by atomic mass is 15.1. The van der Waals surface area contributed by atoms with Crippen LogP contribution in [-0.2, 0) is 12.5 Å². The van der Waals surface area contributed by atoms with Gasteiger partial charge in [0, 0.05) is 18.5 Å². The van der Waals surface area contributed by atoms with Crippen molar-refractivity contribution >= 4 is 11.0 Å². The minimum atomic E-state index is 0.0138. The lowest BCUT2D eigenvalue weighted by atomic mass is 9.71. The summed E-state index contributed by atoms with van der Waals surface area (Å²) in [5.74, 6) is 1.15. The molecule has 0 aliphatic heterocycles. The average molecular weight is 257 g/mol. The SMILES string of the molecule is Cc1ccc2c(c1)nc(C1(C)CCCCC1N)n2C. The maximum absolute atomic E-state index is 6.41. The number of aromatic nitrogens is 2. The van der Waals surface area contributed by atoms with Crippen molar-refractivity contribution in [2.24, 2.45) is 12.8 Å². The predicted molar refractivity (Wildman–Crippen MR) is 79.2 cm³/mol. The summed E-state index contributed by atoms with van der Waals surface area (Å²) >= 11 is 0. The van der Waals surface area contributed by atoms with Crippen molar-refractivity contribution in [3.8, 4) is 0 Å². The van der Waals surface area contributed by atoms with Crippen LogP contribution in [0.25, 0.3) is 11.0 Å². The van der Waals surface area contributed by atoms with Gasteiger partial charge in [0.05, 0.1) is 11.0 Å². The normalized spacial score (nSPS) is 27.9. The molecule has 2 atom stereocenters. The summed E-state index contributed by atoms with van der Waals surface area (Å²) in [5, 5.41) is 0. The summed E-state index contributed by atoms with van der Waals surface area (Å²) in [6, 6.07) is 6.70. The summed E-state index contributed by atoms with van der Waals surface area (Å²) in [5.41, 5.74) is 9.99. The highest BCUT2D eigenvalue weighted by molar-refractivity contribution is 5.77. The Bertz CT molecular complexity index is 614. The van der Waals surface area contributed by atoms with E-state index in [1.165, 1.54) is 23.9 Å². The summed E-state index contributed by atoms with van der Waals surface area (Å²) < 4.78 is 2.24. The van der Waals surface area contributed by atoms with Gasteiger partial charge in [0.1, 0.15) is 5.82 Å². The van der Waals surface area contributed by atoms with E-state index in [0.717, 1.165) is 24.2 Å². The highest BCUT2D eigenvalue weighted by Gasteiger charge is 2.39. The molecule has 1 fully saturated rings. The first-order valence-electron chi connectivity index (χ1n) is 7.21. The maximum atomic E-state index is 6.41. The van der Waals surface area contributed by atoms with E-state index in [4.69, 9.17) is 10.7 Å². The lowest BCUT2D eigenvalue weighted by Gasteiger charge is -2.38. The largest absolute Gasteiger partial charge is 0.331 e. The Morgan fingerprint density at radius 2 is 2.16 bits per heavy atom.